The maximum absolute atomic E-state index is 12.8. The van der Waals surface area contributed by atoms with Gasteiger partial charge in [0, 0.05) is 19.3 Å². The van der Waals surface area contributed by atoms with Crippen molar-refractivity contribution in [3.8, 4) is 5.75 Å². The van der Waals surface area contributed by atoms with Gasteiger partial charge in [0.15, 0.2) is 0 Å². The van der Waals surface area contributed by atoms with Gasteiger partial charge in [-0.2, -0.15) is 0 Å². The summed E-state index contributed by atoms with van der Waals surface area (Å²) in [5.41, 5.74) is 1.81. The lowest BCUT2D eigenvalue weighted by atomic mass is 10.1. The van der Waals surface area contributed by atoms with Crippen molar-refractivity contribution in [3.05, 3.63) is 76.1 Å². The van der Waals surface area contributed by atoms with E-state index in [4.69, 9.17) is 4.74 Å². The molecule has 3 rings (SSSR count). The van der Waals surface area contributed by atoms with E-state index in [1.165, 1.54) is 0 Å². The van der Waals surface area contributed by atoms with Crippen molar-refractivity contribution in [1.29, 1.82) is 0 Å². The largest absolute Gasteiger partial charge is 0.497 e. The van der Waals surface area contributed by atoms with Crippen LogP contribution in [-0.2, 0) is 13.0 Å². The highest BCUT2D eigenvalue weighted by Crippen LogP contribution is 2.19. The van der Waals surface area contributed by atoms with Crippen molar-refractivity contribution in [2.75, 3.05) is 13.7 Å². The number of ether oxygens (including phenoxy) is 1. The smallest absolute Gasteiger partial charge is 0.256 e. The van der Waals surface area contributed by atoms with Crippen molar-refractivity contribution < 1.29 is 9.53 Å². The molecule has 0 saturated heterocycles. The Kier molecular flexibility index (Phi) is 5.37. The fourth-order valence-electron chi connectivity index (χ4n) is 2.99. The molecule has 0 atom stereocenters. The Morgan fingerprint density at radius 1 is 1.15 bits per heavy atom. The summed E-state index contributed by atoms with van der Waals surface area (Å²) >= 11 is 0. The summed E-state index contributed by atoms with van der Waals surface area (Å²) in [6, 6.07) is 15.3. The molecule has 0 fully saturated rings. The minimum atomic E-state index is -0.349. The molecule has 5 nitrogen and oxygen atoms in total. The highest BCUT2D eigenvalue weighted by atomic mass is 16.5. The number of carbonyl (C=O) groups excluding carboxylic acids is 1. The molecule has 0 bridgehead atoms. The van der Waals surface area contributed by atoms with Crippen LogP contribution in [0.25, 0.3) is 10.9 Å². The average Bonchev–Trinajstić information content (AvgIpc) is 2.69. The normalized spacial score (nSPS) is 10.7. The maximum Gasteiger partial charge on any atom is 0.256 e. The van der Waals surface area contributed by atoms with Gasteiger partial charge in [-0.3, -0.25) is 9.59 Å². The van der Waals surface area contributed by atoms with Crippen molar-refractivity contribution in [1.82, 2.24) is 9.88 Å². The lowest BCUT2D eigenvalue weighted by molar-refractivity contribution is 0.0952. The fourth-order valence-corrected chi connectivity index (χ4v) is 2.99. The Morgan fingerprint density at radius 3 is 2.62 bits per heavy atom. The Balaban J connectivity index is 1.87. The summed E-state index contributed by atoms with van der Waals surface area (Å²) in [6.45, 7) is 3.11. The van der Waals surface area contributed by atoms with Crippen molar-refractivity contribution in [2.24, 2.45) is 0 Å². The zero-order chi connectivity index (χ0) is 18.5. The second-order valence-corrected chi connectivity index (χ2v) is 6.03. The SMILES string of the molecule is CCn1cc(C(=O)NCCc2ccccc2)c(=O)c2cc(OC)ccc21. The molecule has 0 aliphatic carbocycles. The number of hydrogen-bond acceptors (Lipinski definition) is 3. The van der Waals surface area contributed by atoms with Crippen LogP contribution in [0.1, 0.15) is 22.8 Å². The molecular formula is C21H22N2O3. The first-order valence-electron chi connectivity index (χ1n) is 8.67. The van der Waals surface area contributed by atoms with Crippen molar-refractivity contribution >= 4 is 16.8 Å². The summed E-state index contributed by atoms with van der Waals surface area (Å²) in [5, 5.41) is 3.34. The van der Waals surface area contributed by atoms with E-state index in [9.17, 15) is 9.59 Å². The van der Waals surface area contributed by atoms with Gasteiger partial charge in [0.25, 0.3) is 5.91 Å². The van der Waals surface area contributed by atoms with Crippen LogP contribution in [-0.4, -0.2) is 24.1 Å². The predicted octanol–water partition coefficient (Wildman–Crippen LogP) is 3.00. The second-order valence-electron chi connectivity index (χ2n) is 6.03. The molecule has 0 unspecified atom stereocenters. The number of aryl methyl sites for hydroxylation is 1. The molecule has 3 aromatic rings. The van der Waals surface area contributed by atoms with E-state index >= 15 is 0 Å². The number of benzene rings is 2. The molecule has 0 aliphatic heterocycles. The first-order chi connectivity index (χ1) is 12.6. The number of nitrogens with one attached hydrogen (secondary N) is 1. The highest BCUT2D eigenvalue weighted by Gasteiger charge is 2.15. The summed E-state index contributed by atoms with van der Waals surface area (Å²) in [6.07, 6.45) is 2.35. The molecule has 26 heavy (non-hydrogen) atoms. The second kappa shape index (κ2) is 7.87. The third-order valence-electron chi connectivity index (χ3n) is 4.41. The maximum atomic E-state index is 12.8. The lowest BCUT2D eigenvalue weighted by Crippen LogP contribution is -2.31. The summed E-state index contributed by atoms with van der Waals surface area (Å²) in [5.74, 6) is 0.247. The van der Waals surface area contributed by atoms with E-state index in [-0.39, 0.29) is 16.9 Å². The van der Waals surface area contributed by atoms with E-state index in [0.29, 0.717) is 24.2 Å². The van der Waals surface area contributed by atoms with Gasteiger partial charge in [-0.15, -0.1) is 0 Å². The van der Waals surface area contributed by atoms with Crippen LogP contribution in [0, 0.1) is 0 Å². The van der Waals surface area contributed by atoms with Crippen molar-refractivity contribution in [3.63, 3.8) is 0 Å². The van der Waals surface area contributed by atoms with Crippen molar-refractivity contribution in [2.45, 2.75) is 19.9 Å². The first-order valence-corrected chi connectivity index (χ1v) is 8.67. The van der Waals surface area contributed by atoms with Crippen LogP contribution in [0.5, 0.6) is 5.75 Å². The van der Waals surface area contributed by atoms with Gasteiger partial charge in [-0.05, 0) is 37.1 Å². The van der Waals surface area contributed by atoms with E-state index < -0.39 is 0 Å². The predicted molar refractivity (Wildman–Crippen MR) is 103 cm³/mol. The number of rotatable bonds is 6. The third-order valence-corrected chi connectivity index (χ3v) is 4.41. The molecule has 1 amide bonds. The molecule has 0 radical (unpaired) electrons. The Hall–Kier alpha value is -3.08. The minimum absolute atomic E-state index is 0.153. The van der Waals surface area contributed by atoms with Gasteiger partial charge in [0.1, 0.15) is 11.3 Å². The van der Waals surface area contributed by atoms with E-state index in [1.807, 2.05) is 54.0 Å². The number of methoxy groups -OCH3 is 1. The average molecular weight is 350 g/mol. The highest BCUT2D eigenvalue weighted by molar-refractivity contribution is 5.97. The summed E-state index contributed by atoms with van der Waals surface area (Å²) in [7, 11) is 1.56. The van der Waals surface area contributed by atoms with Gasteiger partial charge >= 0.3 is 0 Å². The third kappa shape index (κ3) is 3.61. The molecule has 0 saturated carbocycles. The van der Waals surface area contributed by atoms with Crippen LogP contribution in [0.15, 0.2) is 59.5 Å². The van der Waals surface area contributed by atoms with Gasteiger partial charge in [-0.1, -0.05) is 30.3 Å². The number of aromatic nitrogens is 1. The van der Waals surface area contributed by atoms with Gasteiger partial charge in [0.2, 0.25) is 5.43 Å². The molecule has 1 heterocycles. The van der Waals surface area contributed by atoms with Crippen LogP contribution in [0.4, 0.5) is 0 Å². The molecule has 5 heteroatoms. The Labute approximate surface area is 152 Å². The summed E-state index contributed by atoms with van der Waals surface area (Å²) in [4.78, 5) is 25.4. The molecule has 0 spiro atoms. The van der Waals surface area contributed by atoms with Crippen LogP contribution < -0.4 is 15.5 Å². The molecule has 1 N–H and O–H groups in total. The lowest BCUT2D eigenvalue weighted by Gasteiger charge is -2.12. The van der Waals surface area contributed by atoms with Crippen LogP contribution >= 0.6 is 0 Å². The van der Waals surface area contributed by atoms with E-state index in [2.05, 4.69) is 5.32 Å². The fraction of sp³-hybridized carbons (Fsp3) is 0.238. The monoisotopic (exact) mass is 350 g/mol. The number of amides is 1. The van der Waals surface area contributed by atoms with Crippen LogP contribution in [0.3, 0.4) is 0 Å². The zero-order valence-electron chi connectivity index (χ0n) is 15.0. The Morgan fingerprint density at radius 2 is 1.92 bits per heavy atom. The number of pyridine rings is 1. The van der Waals surface area contributed by atoms with Gasteiger partial charge in [0.05, 0.1) is 18.0 Å². The van der Waals surface area contributed by atoms with Gasteiger partial charge < -0.3 is 14.6 Å². The topological polar surface area (TPSA) is 60.3 Å². The molecule has 2 aromatic carbocycles. The number of hydrogen-bond donors (Lipinski definition) is 1. The standard InChI is InChI=1S/C21H22N2O3/c1-3-23-14-18(20(24)17-13-16(26-2)9-10-19(17)23)21(25)22-12-11-15-7-5-4-6-8-15/h4-10,13-14H,3,11-12H2,1-2H3,(H,22,25). The molecule has 0 aliphatic rings. The molecule has 1 aromatic heterocycles. The molecule has 134 valence electrons. The minimum Gasteiger partial charge on any atom is -0.497 e. The summed E-state index contributed by atoms with van der Waals surface area (Å²) < 4.78 is 7.12. The first kappa shape index (κ1) is 17.7. The zero-order valence-corrected chi connectivity index (χ0v) is 15.0. The quantitative estimate of drug-likeness (QED) is 0.743. The molecular weight excluding hydrogens is 328 g/mol. The Bertz CT molecular complexity index is 978. The van der Waals surface area contributed by atoms with Crippen LogP contribution in [0.2, 0.25) is 0 Å². The van der Waals surface area contributed by atoms with E-state index in [0.717, 1.165) is 17.5 Å². The number of fused-ring (bicyclic) bond motifs is 1. The number of carbonyl (C=O) groups is 1. The van der Waals surface area contributed by atoms with Gasteiger partial charge in [-0.25, -0.2) is 0 Å². The van der Waals surface area contributed by atoms with E-state index in [1.54, 1.807) is 19.4 Å². The number of nitrogens with zero attached hydrogens (tertiary/aromatic N) is 1.